The number of hydrogen-bond acceptors (Lipinski definition) is 1. The first-order chi connectivity index (χ1) is 10.0. The van der Waals surface area contributed by atoms with Gasteiger partial charge in [-0.15, -0.1) is 0 Å². The Balaban J connectivity index is 1.92. The summed E-state index contributed by atoms with van der Waals surface area (Å²) < 4.78 is 13.7. The fourth-order valence-electron chi connectivity index (χ4n) is 2.26. The standard InChI is InChI=1S/C16H12ClFN2O/c1-9-7-10-8-11(5-6-14(10)19-9)20-16(21)15-12(17)3-2-4-13(15)18/h2-8,19H,1H3,(H,20,21). The summed E-state index contributed by atoms with van der Waals surface area (Å²) in [5, 5.41) is 3.73. The van der Waals surface area contributed by atoms with E-state index in [0.717, 1.165) is 16.6 Å². The van der Waals surface area contributed by atoms with Gasteiger partial charge in [0.2, 0.25) is 0 Å². The summed E-state index contributed by atoms with van der Waals surface area (Å²) in [6, 6.07) is 11.6. The van der Waals surface area contributed by atoms with Gasteiger partial charge in [0.1, 0.15) is 5.82 Å². The molecule has 3 aromatic rings. The van der Waals surface area contributed by atoms with Crippen molar-refractivity contribution in [3.63, 3.8) is 0 Å². The second kappa shape index (κ2) is 5.22. The van der Waals surface area contributed by atoms with Crippen molar-refractivity contribution in [1.82, 2.24) is 4.98 Å². The number of carbonyl (C=O) groups is 1. The Hall–Kier alpha value is -2.33. The zero-order valence-corrected chi connectivity index (χ0v) is 12.0. The summed E-state index contributed by atoms with van der Waals surface area (Å²) in [5.41, 5.74) is 2.45. The predicted molar refractivity (Wildman–Crippen MR) is 82.4 cm³/mol. The van der Waals surface area contributed by atoms with Crippen LogP contribution in [0, 0.1) is 12.7 Å². The van der Waals surface area contributed by atoms with Crippen LogP contribution in [0.25, 0.3) is 10.9 Å². The third kappa shape index (κ3) is 2.62. The summed E-state index contributed by atoms with van der Waals surface area (Å²) in [7, 11) is 0. The maximum atomic E-state index is 13.7. The molecule has 5 heteroatoms. The Morgan fingerprint density at radius 1 is 1.24 bits per heavy atom. The molecule has 0 saturated heterocycles. The van der Waals surface area contributed by atoms with Crippen LogP contribution in [0.3, 0.4) is 0 Å². The molecule has 0 spiro atoms. The Morgan fingerprint density at radius 2 is 2.05 bits per heavy atom. The third-order valence-corrected chi connectivity index (χ3v) is 3.52. The van der Waals surface area contributed by atoms with Gasteiger partial charge in [0.25, 0.3) is 5.91 Å². The average molecular weight is 303 g/mol. The highest BCUT2D eigenvalue weighted by atomic mass is 35.5. The first-order valence-electron chi connectivity index (χ1n) is 6.39. The van der Waals surface area contributed by atoms with Crippen molar-refractivity contribution in [2.45, 2.75) is 6.92 Å². The molecule has 106 valence electrons. The summed E-state index contributed by atoms with van der Waals surface area (Å²) in [6.07, 6.45) is 0. The van der Waals surface area contributed by atoms with Gasteiger partial charge in [-0.1, -0.05) is 17.7 Å². The monoisotopic (exact) mass is 302 g/mol. The van der Waals surface area contributed by atoms with Crippen LogP contribution in [0.4, 0.5) is 10.1 Å². The molecule has 0 fully saturated rings. The number of hydrogen-bond donors (Lipinski definition) is 2. The van der Waals surface area contributed by atoms with Crippen LogP contribution in [-0.2, 0) is 0 Å². The number of amides is 1. The zero-order chi connectivity index (χ0) is 15.0. The summed E-state index contributed by atoms with van der Waals surface area (Å²) in [4.78, 5) is 15.3. The molecule has 0 radical (unpaired) electrons. The van der Waals surface area contributed by atoms with Crippen molar-refractivity contribution >= 4 is 34.1 Å². The molecule has 0 saturated carbocycles. The van der Waals surface area contributed by atoms with Crippen LogP contribution in [0.5, 0.6) is 0 Å². The predicted octanol–water partition coefficient (Wildman–Crippen LogP) is 4.52. The minimum absolute atomic E-state index is 0.0890. The summed E-state index contributed by atoms with van der Waals surface area (Å²) in [5.74, 6) is -1.21. The number of H-pyrrole nitrogens is 1. The smallest absolute Gasteiger partial charge is 0.260 e. The molecule has 1 aromatic heterocycles. The fraction of sp³-hybridized carbons (Fsp3) is 0.0625. The Bertz CT molecular complexity index is 821. The number of aryl methyl sites for hydroxylation is 1. The van der Waals surface area contributed by atoms with Crippen LogP contribution < -0.4 is 5.32 Å². The van der Waals surface area contributed by atoms with Gasteiger partial charge in [0.05, 0.1) is 10.6 Å². The molecule has 21 heavy (non-hydrogen) atoms. The second-order valence-corrected chi connectivity index (χ2v) is 5.21. The molecule has 0 atom stereocenters. The van der Waals surface area contributed by atoms with Gasteiger partial charge in [0.15, 0.2) is 0 Å². The minimum atomic E-state index is -0.640. The lowest BCUT2D eigenvalue weighted by Gasteiger charge is -2.07. The number of nitrogens with one attached hydrogen (secondary N) is 2. The van der Waals surface area contributed by atoms with Crippen LogP contribution >= 0.6 is 11.6 Å². The molecule has 0 aliphatic rings. The van der Waals surface area contributed by atoms with Crippen molar-refractivity contribution in [2.75, 3.05) is 5.32 Å². The lowest BCUT2D eigenvalue weighted by atomic mass is 10.1. The molecule has 1 amide bonds. The van der Waals surface area contributed by atoms with E-state index in [9.17, 15) is 9.18 Å². The van der Waals surface area contributed by atoms with Gasteiger partial charge in [0, 0.05) is 22.3 Å². The van der Waals surface area contributed by atoms with Crippen molar-refractivity contribution in [3.8, 4) is 0 Å². The molecule has 3 rings (SSSR count). The van der Waals surface area contributed by atoms with Gasteiger partial charge in [-0.2, -0.15) is 0 Å². The molecule has 0 bridgehead atoms. The van der Waals surface area contributed by atoms with E-state index in [4.69, 9.17) is 11.6 Å². The SMILES string of the molecule is Cc1cc2cc(NC(=O)c3c(F)cccc3Cl)ccc2[nH]1. The highest BCUT2D eigenvalue weighted by molar-refractivity contribution is 6.34. The number of halogens is 2. The number of carbonyl (C=O) groups excluding carboxylic acids is 1. The van der Waals surface area contributed by atoms with E-state index in [1.807, 2.05) is 25.1 Å². The van der Waals surface area contributed by atoms with E-state index in [0.29, 0.717) is 5.69 Å². The van der Waals surface area contributed by atoms with Crippen molar-refractivity contribution in [1.29, 1.82) is 0 Å². The molecule has 2 aromatic carbocycles. The highest BCUT2D eigenvalue weighted by Crippen LogP contribution is 2.23. The van der Waals surface area contributed by atoms with Crippen LogP contribution in [-0.4, -0.2) is 10.9 Å². The van der Waals surface area contributed by atoms with Crippen molar-refractivity contribution in [2.24, 2.45) is 0 Å². The van der Waals surface area contributed by atoms with E-state index >= 15 is 0 Å². The topological polar surface area (TPSA) is 44.9 Å². The maximum absolute atomic E-state index is 13.7. The van der Waals surface area contributed by atoms with Gasteiger partial charge in [-0.25, -0.2) is 4.39 Å². The van der Waals surface area contributed by atoms with Crippen LogP contribution in [0.2, 0.25) is 5.02 Å². The van der Waals surface area contributed by atoms with Gasteiger partial charge >= 0.3 is 0 Å². The van der Waals surface area contributed by atoms with Crippen molar-refractivity contribution in [3.05, 3.63) is 64.6 Å². The first kappa shape index (κ1) is 13.6. The number of benzene rings is 2. The van der Waals surface area contributed by atoms with Gasteiger partial charge in [-0.05, 0) is 43.3 Å². The number of aromatic amines is 1. The van der Waals surface area contributed by atoms with Crippen LogP contribution in [0.15, 0.2) is 42.5 Å². The van der Waals surface area contributed by atoms with E-state index in [1.165, 1.54) is 18.2 Å². The first-order valence-corrected chi connectivity index (χ1v) is 6.77. The molecular weight excluding hydrogens is 291 g/mol. The maximum Gasteiger partial charge on any atom is 0.260 e. The highest BCUT2D eigenvalue weighted by Gasteiger charge is 2.16. The lowest BCUT2D eigenvalue weighted by molar-refractivity contribution is 0.102. The van der Waals surface area contributed by atoms with Crippen molar-refractivity contribution < 1.29 is 9.18 Å². The fourth-order valence-corrected chi connectivity index (χ4v) is 2.51. The number of aromatic nitrogens is 1. The molecule has 0 unspecified atom stereocenters. The van der Waals surface area contributed by atoms with E-state index in [1.54, 1.807) is 6.07 Å². The molecule has 2 N–H and O–H groups in total. The van der Waals surface area contributed by atoms with E-state index in [2.05, 4.69) is 10.3 Å². The van der Waals surface area contributed by atoms with Gasteiger partial charge < -0.3 is 10.3 Å². The Morgan fingerprint density at radius 3 is 2.81 bits per heavy atom. The minimum Gasteiger partial charge on any atom is -0.359 e. The molecule has 0 aliphatic carbocycles. The largest absolute Gasteiger partial charge is 0.359 e. The zero-order valence-electron chi connectivity index (χ0n) is 11.2. The van der Waals surface area contributed by atoms with E-state index in [-0.39, 0.29) is 10.6 Å². The average Bonchev–Trinajstić information content (AvgIpc) is 2.77. The number of rotatable bonds is 2. The lowest BCUT2D eigenvalue weighted by Crippen LogP contribution is -2.14. The quantitative estimate of drug-likeness (QED) is 0.718. The molecule has 3 nitrogen and oxygen atoms in total. The Labute approximate surface area is 125 Å². The van der Waals surface area contributed by atoms with E-state index < -0.39 is 11.7 Å². The molecule has 0 aliphatic heterocycles. The third-order valence-electron chi connectivity index (χ3n) is 3.20. The second-order valence-electron chi connectivity index (χ2n) is 4.81. The summed E-state index contributed by atoms with van der Waals surface area (Å²) >= 11 is 5.88. The Kier molecular flexibility index (Phi) is 3.39. The normalized spacial score (nSPS) is 10.8. The number of fused-ring (bicyclic) bond motifs is 1. The van der Waals surface area contributed by atoms with Gasteiger partial charge in [-0.3, -0.25) is 4.79 Å². The molecular formula is C16H12ClFN2O. The molecule has 1 heterocycles. The van der Waals surface area contributed by atoms with Crippen LogP contribution in [0.1, 0.15) is 16.1 Å². The summed E-state index contributed by atoms with van der Waals surface area (Å²) in [6.45, 7) is 1.96. The number of anilines is 1.